The van der Waals surface area contributed by atoms with E-state index in [1.807, 2.05) is 20.8 Å². The van der Waals surface area contributed by atoms with Gasteiger partial charge in [0.1, 0.15) is 12.3 Å². The minimum atomic E-state index is -0.509. The molecule has 1 amide bonds. The van der Waals surface area contributed by atoms with Crippen LogP contribution in [-0.2, 0) is 4.74 Å². The average Bonchev–Trinajstić information content (AvgIpc) is 2.97. The third-order valence-corrected chi connectivity index (χ3v) is 2.93. The Labute approximate surface area is 104 Å². The molecule has 0 spiro atoms. The number of rotatable bonds is 5. The number of carbonyl (C=O) groups is 1. The molecule has 1 N–H and O–H groups in total. The van der Waals surface area contributed by atoms with Gasteiger partial charge in [-0.2, -0.15) is 0 Å². The Morgan fingerprint density at radius 3 is 2.41 bits per heavy atom. The molecule has 4 heteroatoms. The average molecular weight is 243 g/mol. The van der Waals surface area contributed by atoms with Crippen LogP contribution in [0.25, 0.3) is 0 Å². The van der Waals surface area contributed by atoms with Gasteiger partial charge in [-0.3, -0.25) is 4.90 Å². The van der Waals surface area contributed by atoms with Crippen molar-refractivity contribution < 1.29 is 14.6 Å². The van der Waals surface area contributed by atoms with Gasteiger partial charge >= 0.3 is 6.09 Å². The smallest absolute Gasteiger partial charge is 0.412 e. The first kappa shape index (κ1) is 14.3. The standard InChI is InChI=1S/C13H25NO3/c1-5-6-11(10-7-8-10)14(9-15)12(16)17-13(2,3)4/h10-11,15H,5-9H2,1-4H3/t11-/m0/s1. The molecule has 0 radical (unpaired) electrons. The molecule has 1 aliphatic rings. The van der Waals surface area contributed by atoms with Gasteiger partial charge in [0, 0.05) is 6.04 Å². The molecular formula is C13H25NO3. The lowest BCUT2D eigenvalue weighted by molar-refractivity contribution is -0.0113. The number of carbonyl (C=O) groups excluding carboxylic acids is 1. The lowest BCUT2D eigenvalue weighted by Crippen LogP contribution is -2.45. The minimum Gasteiger partial charge on any atom is -0.444 e. The van der Waals surface area contributed by atoms with Gasteiger partial charge in [0.25, 0.3) is 0 Å². The molecule has 0 aromatic rings. The van der Waals surface area contributed by atoms with Crippen molar-refractivity contribution in [1.29, 1.82) is 0 Å². The zero-order valence-corrected chi connectivity index (χ0v) is 11.4. The summed E-state index contributed by atoms with van der Waals surface area (Å²) in [4.78, 5) is 13.5. The number of hydrogen-bond donors (Lipinski definition) is 1. The highest BCUT2D eigenvalue weighted by Crippen LogP contribution is 2.37. The minimum absolute atomic E-state index is 0.139. The lowest BCUT2D eigenvalue weighted by Gasteiger charge is -2.32. The van der Waals surface area contributed by atoms with E-state index >= 15 is 0 Å². The van der Waals surface area contributed by atoms with E-state index in [0.717, 1.165) is 25.7 Å². The fraction of sp³-hybridized carbons (Fsp3) is 0.923. The van der Waals surface area contributed by atoms with Crippen LogP contribution in [0.2, 0.25) is 0 Å². The number of hydrogen-bond acceptors (Lipinski definition) is 3. The fourth-order valence-electron chi connectivity index (χ4n) is 2.04. The molecule has 1 atom stereocenters. The van der Waals surface area contributed by atoms with Crippen LogP contribution in [0.15, 0.2) is 0 Å². The van der Waals surface area contributed by atoms with E-state index in [0.29, 0.717) is 5.92 Å². The maximum atomic E-state index is 12.0. The Kier molecular flexibility index (Phi) is 4.80. The second kappa shape index (κ2) is 5.71. The van der Waals surface area contributed by atoms with Crippen LogP contribution < -0.4 is 0 Å². The first-order valence-corrected chi connectivity index (χ1v) is 6.49. The van der Waals surface area contributed by atoms with E-state index < -0.39 is 11.7 Å². The molecule has 0 aromatic heterocycles. The Morgan fingerprint density at radius 1 is 1.47 bits per heavy atom. The van der Waals surface area contributed by atoms with Gasteiger partial charge in [0.05, 0.1) is 0 Å². The first-order valence-electron chi connectivity index (χ1n) is 6.49. The Balaban J connectivity index is 2.63. The number of aliphatic hydroxyl groups excluding tert-OH is 1. The second-order valence-corrected chi connectivity index (χ2v) is 5.79. The van der Waals surface area contributed by atoms with Crippen LogP contribution in [0.5, 0.6) is 0 Å². The summed E-state index contributed by atoms with van der Waals surface area (Å²) in [5.41, 5.74) is -0.509. The Hall–Kier alpha value is -0.770. The molecule has 0 saturated heterocycles. The van der Waals surface area contributed by atoms with Crippen LogP contribution in [-0.4, -0.2) is 34.5 Å². The predicted molar refractivity (Wildman–Crippen MR) is 66.6 cm³/mol. The van der Waals surface area contributed by atoms with Crippen molar-refractivity contribution in [2.24, 2.45) is 5.92 Å². The van der Waals surface area contributed by atoms with E-state index in [2.05, 4.69) is 6.92 Å². The molecule has 0 heterocycles. The quantitative estimate of drug-likeness (QED) is 0.755. The molecular weight excluding hydrogens is 218 g/mol. The molecule has 100 valence electrons. The summed E-state index contributed by atoms with van der Waals surface area (Å²) in [7, 11) is 0. The third kappa shape index (κ3) is 4.54. The van der Waals surface area contributed by atoms with Gasteiger partial charge in [-0.05, 0) is 46.0 Å². The predicted octanol–water partition coefficient (Wildman–Crippen LogP) is 2.75. The SMILES string of the molecule is CCC[C@@H](C1CC1)N(CO)C(=O)OC(C)(C)C. The summed E-state index contributed by atoms with van der Waals surface area (Å²) in [5.74, 6) is 0.551. The molecule has 1 aliphatic carbocycles. The van der Waals surface area contributed by atoms with Crippen molar-refractivity contribution in [1.82, 2.24) is 4.90 Å². The van der Waals surface area contributed by atoms with Gasteiger partial charge in [0.2, 0.25) is 0 Å². The second-order valence-electron chi connectivity index (χ2n) is 5.79. The number of ether oxygens (including phenoxy) is 1. The summed E-state index contributed by atoms with van der Waals surface area (Å²) in [6.07, 6.45) is 3.86. The van der Waals surface area contributed by atoms with Crippen LogP contribution in [0.1, 0.15) is 53.4 Å². The summed E-state index contributed by atoms with van der Waals surface area (Å²) in [5, 5.41) is 9.39. The number of amides is 1. The highest BCUT2D eigenvalue weighted by Gasteiger charge is 2.38. The lowest BCUT2D eigenvalue weighted by atomic mass is 10.1. The fourth-order valence-corrected chi connectivity index (χ4v) is 2.04. The monoisotopic (exact) mass is 243 g/mol. The zero-order chi connectivity index (χ0) is 13.1. The molecule has 4 nitrogen and oxygen atoms in total. The summed E-state index contributed by atoms with van der Waals surface area (Å²) in [6, 6.07) is 0.139. The molecule has 1 saturated carbocycles. The number of aliphatic hydroxyl groups is 1. The highest BCUT2D eigenvalue weighted by molar-refractivity contribution is 5.68. The van der Waals surface area contributed by atoms with Crippen molar-refractivity contribution in [2.45, 2.75) is 65.0 Å². The van der Waals surface area contributed by atoms with E-state index in [1.165, 1.54) is 4.90 Å². The molecule has 17 heavy (non-hydrogen) atoms. The summed E-state index contributed by atoms with van der Waals surface area (Å²) < 4.78 is 5.32. The summed E-state index contributed by atoms with van der Waals surface area (Å²) in [6.45, 7) is 7.36. The Bertz CT molecular complexity index is 256. The van der Waals surface area contributed by atoms with Crippen LogP contribution in [0, 0.1) is 5.92 Å². The van der Waals surface area contributed by atoms with Crippen LogP contribution >= 0.6 is 0 Å². The van der Waals surface area contributed by atoms with E-state index in [1.54, 1.807) is 0 Å². The van der Waals surface area contributed by atoms with Gasteiger partial charge in [0.15, 0.2) is 0 Å². The molecule has 0 unspecified atom stereocenters. The summed E-state index contributed by atoms with van der Waals surface area (Å²) >= 11 is 0. The van der Waals surface area contributed by atoms with Crippen molar-refractivity contribution in [2.75, 3.05) is 6.73 Å². The van der Waals surface area contributed by atoms with Crippen LogP contribution in [0.3, 0.4) is 0 Å². The Morgan fingerprint density at radius 2 is 2.06 bits per heavy atom. The molecule has 0 bridgehead atoms. The molecule has 1 fully saturated rings. The molecule has 0 aromatic carbocycles. The zero-order valence-electron chi connectivity index (χ0n) is 11.4. The van der Waals surface area contributed by atoms with Crippen molar-refractivity contribution in [3.8, 4) is 0 Å². The maximum Gasteiger partial charge on any atom is 0.412 e. The normalized spacial score (nSPS) is 17.7. The van der Waals surface area contributed by atoms with Gasteiger partial charge in [-0.25, -0.2) is 4.79 Å². The van der Waals surface area contributed by atoms with E-state index in [9.17, 15) is 9.90 Å². The third-order valence-electron chi connectivity index (χ3n) is 2.93. The van der Waals surface area contributed by atoms with E-state index in [-0.39, 0.29) is 12.8 Å². The van der Waals surface area contributed by atoms with Gasteiger partial charge < -0.3 is 9.84 Å². The first-order chi connectivity index (χ1) is 7.89. The van der Waals surface area contributed by atoms with E-state index in [4.69, 9.17) is 4.74 Å². The van der Waals surface area contributed by atoms with Crippen molar-refractivity contribution >= 4 is 6.09 Å². The van der Waals surface area contributed by atoms with Crippen LogP contribution in [0.4, 0.5) is 4.79 Å². The van der Waals surface area contributed by atoms with Gasteiger partial charge in [-0.15, -0.1) is 0 Å². The molecule has 0 aliphatic heterocycles. The molecule has 1 rings (SSSR count). The maximum absolute atomic E-state index is 12.0. The van der Waals surface area contributed by atoms with Crippen molar-refractivity contribution in [3.63, 3.8) is 0 Å². The highest BCUT2D eigenvalue weighted by atomic mass is 16.6. The van der Waals surface area contributed by atoms with Gasteiger partial charge in [-0.1, -0.05) is 13.3 Å². The topological polar surface area (TPSA) is 49.8 Å². The van der Waals surface area contributed by atoms with Crippen molar-refractivity contribution in [3.05, 3.63) is 0 Å². The number of nitrogens with zero attached hydrogens (tertiary/aromatic N) is 1. The largest absolute Gasteiger partial charge is 0.444 e.